The highest BCUT2D eigenvalue weighted by Gasteiger charge is 2.41. The molecule has 1 unspecified atom stereocenters. The summed E-state index contributed by atoms with van der Waals surface area (Å²) in [6.45, 7) is 0. The summed E-state index contributed by atoms with van der Waals surface area (Å²) in [7, 11) is -4.88. The van der Waals surface area contributed by atoms with Crippen LogP contribution in [-0.2, 0) is 25.6 Å². The van der Waals surface area contributed by atoms with Crippen LogP contribution in [0.5, 0.6) is 0 Å². The van der Waals surface area contributed by atoms with Gasteiger partial charge in [-0.15, -0.1) is 0 Å². The molecule has 2 amide bonds. The van der Waals surface area contributed by atoms with Crippen LogP contribution in [0, 0.1) is 0 Å². The molecule has 0 saturated carbocycles. The second kappa shape index (κ2) is 7.59. The standard InChI is InChI=1S/C12H13F3N2O6S/c13-12(14,15)7-3-1-2-4-8(7)24(22,23)9(11(19)17-21)5-6-10(18)16-20/h1-4,9,20-21H,5-6H2,(H,16,18)(H,17,19). The third-order valence-electron chi connectivity index (χ3n) is 3.03. The zero-order chi connectivity index (χ0) is 18.5. The van der Waals surface area contributed by atoms with Gasteiger partial charge in [-0.25, -0.2) is 19.4 Å². The van der Waals surface area contributed by atoms with Crippen molar-refractivity contribution in [3.63, 3.8) is 0 Å². The minimum Gasteiger partial charge on any atom is -0.289 e. The van der Waals surface area contributed by atoms with Crippen LogP contribution in [0.2, 0.25) is 0 Å². The van der Waals surface area contributed by atoms with E-state index in [1.54, 1.807) is 0 Å². The molecule has 1 aromatic carbocycles. The number of hydrogen-bond acceptors (Lipinski definition) is 6. The van der Waals surface area contributed by atoms with Crippen molar-refractivity contribution in [2.24, 2.45) is 0 Å². The molecule has 12 heteroatoms. The Hall–Kier alpha value is -2.18. The number of alkyl halides is 3. The fourth-order valence-corrected chi connectivity index (χ4v) is 3.75. The van der Waals surface area contributed by atoms with Crippen LogP contribution in [0.15, 0.2) is 29.2 Å². The minimum atomic E-state index is -4.99. The zero-order valence-corrected chi connectivity index (χ0v) is 12.7. The monoisotopic (exact) mass is 370 g/mol. The molecule has 0 radical (unpaired) electrons. The Bertz CT molecular complexity index is 720. The van der Waals surface area contributed by atoms with E-state index in [0.717, 1.165) is 17.6 Å². The Morgan fingerprint density at radius 3 is 2.21 bits per heavy atom. The van der Waals surface area contributed by atoms with Crippen LogP contribution in [0.1, 0.15) is 18.4 Å². The molecule has 0 heterocycles. The van der Waals surface area contributed by atoms with Gasteiger partial charge in [-0.2, -0.15) is 13.2 Å². The van der Waals surface area contributed by atoms with Gasteiger partial charge in [-0.3, -0.25) is 20.0 Å². The van der Waals surface area contributed by atoms with Gasteiger partial charge in [0.15, 0.2) is 9.84 Å². The summed E-state index contributed by atoms with van der Waals surface area (Å²) in [6, 6.07) is 3.21. The van der Waals surface area contributed by atoms with Gasteiger partial charge in [0, 0.05) is 6.42 Å². The lowest BCUT2D eigenvalue weighted by Crippen LogP contribution is -2.40. The van der Waals surface area contributed by atoms with E-state index < -0.39 is 56.4 Å². The van der Waals surface area contributed by atoms with Gasteiger partial charge >= 0.3 is 6.18 Å². The third-order valence-corrected chi connectivity index (χ3v) is 5.20. The number of rotatable bonds is 6. The fraction of sp³-hybridized carbons (Fsp3) is 0.333. The molecule has 0 saturated heterocycles. The summed E-state index contributed by atoms with van der Waals surface area (Å²) in [5, 5.41) is 14.8. The van der Waals surface area contributed by atoms with Crippen LogP contribution in [-0.4, -0.2) is 35.9 Å². The third kappa shape index (κ3) is 4.43. The van der Waals surface area contributed by atoms with Crippen molar-refractivity contribution in [1.29, 1.82) is 0 Å². The second-order valence-corrected chi connectivity index (χ2v) is 6.68. The zero-order valence-electron chi connectivity index (χ0n) is 11.9. The van der Waals surface area contributed by atoms with Crippen LogP contribution in [0.4, 0.5) is 13.2 Å². The lowest BCUT2D eigenvalue weighted by Gasteiger charge is -2.18. The molecule has 134 valence electrons. The number of sulfone groups is 1. The van der Waals surface area contributed by atoms with Crippen molar-refractivity contribution in [2.45, 2.75) is 29.2 Å². The first kappa shape index (κ1) is 19.9. The van der Waals surface area contributed by atoms with Crippen LogP contribution in [0.25, 0.3) is 0 Å². The molecule has 0 aliphatic rings. The quantitative estimate of drug-likeness (QED) is 0.429. The molecule has 0 fully saturated rings. The summed E-state index contributed by atoms with van der Waals surface area (Å²) >= 11 is 0. The number of benzene rings is 1. The molecule has 24 heavy (non-hydrogen) atoms. The van der Waals surface area contributed by atoms with Gasteiger partial charge < -0.3 is 0 Å². The molecule has 4 N–H and O–H groups in total. The number of hydrogen-bond donors (Lipinski definition) is 4. The first-order valence-electron chi connectivity index (χ1n) is 6.32. The largest absolute Gasteiger partial charge is 0.417 e. The van der Waals surface area contributed by atoms with E-state index in [0.29, 0.717) is 12.1 Å². The SMILES string of the molecule is O=C(CCC(C(=O)NO)S(=O)(=O)c1ccccc1C(F)(F)F)NO. The van der Waals surface area contributed by atoms with Crippen molar-refractivity contribution in [1.82, 2.24) is 11.0 Å². The van der Waals surface area contributed by atoms with Crippen molar-refractivity contribution in [3.8, 4) is 0 Å². The highest BCUT2D eigenvalue weighted by Crippen LogP contribution is 2.35. The van der Waals surface area contributed by atoms with Crippen molar-refractivity contribution < 1.29 is 41.6 Å². The maximum atomic E-state index is 13.0. The smallest absolute Gasteiger partial charge is 0.289 e. The van der Waals surface area contributed by atoms with Gasteiger partial charge in [-0.05, 0) is 18.6 Å². The van der Waals surface area contributed by atoms with Gasteiger partial charge in [0.1, 0.15) is 5.25 Å². The summed E-state index contributed by atoms with van der Waals surface area (Å²) in [5.74, 6) is -2.55. The average Bonchev–Trinajstić information content (AvgIpc) is 2.53. The highest BCUT2D eigenvalue weighted by atomic mass is 32.2. The number of carbonyl (C=O) groups excluding carboxylic acids is 2. The summed E-state index contributed by atoms with van der Waals surface area (Å²) < 4.78 is 63.8. The normalized spacial score (nSPS) is 13.2. The first-order chi connectivity index (χ1) is 11.1. The fourth-order valence-electron chi connectivity index (χ4n) is 1.92. The van der Waals surface area contributed by atoms with Gasteiger partial charge in [0.05, 0.1) is 10.5 Å². The Labute approximate surface area is 134 Å². The summed E-state index contributed by atoms with van der Waals surface area (Å²) in [5.41, 5.74) is 0.764. The average molecular weight is 370 g/mol. The van der Waals surface area contributed by atoms with Gasteiger partial charge in [0.25, 0.3) is 5.91 Å². The Kier molecular flexibility index (Phi) is 6.29. The maximum Gasteiger partial charge on any atom is 0.417 e. The maximum absolute atomic E-state index is 13.0. The Balaban J connectivity index is 3.37. The number of amides is 2. The molecule has 0 aromatic heterocycles. The van der Waals surface area contributed by atoms with E-state index in [-0.39, 0.29) is 0 Å². The van der Waals surface area contributed by atoms with E-state index in [1.807, 2.05) is 0 Å². The summed E-state index contributed by atoms with van der Waals surface area (Å²) in [6.07, 6.45) is -6.43. The molecule has 1 atom stereocenters. The van der Waals surface area contributed by atoms with Crippen molar-refractivity contribution in [2.75, 3.05) is 0 Å². The van der Waals surface area contributed by atoms with Crippen LogP contribution < -0.4 is 11.0 Å². The number of halogens is 3. The van der Waals surface area contributed by atoms with Crippen molar-refractivity contribution >= 4 is 21.7 Å². The highest BCUT2D eigenvalue weighted by molar-refractivity contribution is 7.92. The molecule has 0 bridgehead atoms. The predicted molar refractivity (Wildman–Crippen MR) is 71.5 cm³/mol. The molecule has 1 rings (SSSR count). The van der Waals surface area contributed by atoms with Crippen LogP contribution >= 0.6 is 0 Å². The molecular formula is C12H13F3N2O6S. The molecule has 0 aliphatic carbocycles. The lowest BCUT2D eigenvalue weighted by molar-refractivity contribution is -0.140. The van der Waals surface area contributed by atoms with Crippen molar-refractivity contribution in [3.05, 3.63) is 29.8 Å². The Morgan fingerprint density at radius 1 is 1.12 bits per heavy atom. The number of hydroxylamine groups is 2. The predicted octanol–water partition coefficient (Wildman–Crippen LogP) is 0.639. The van der Waals surface area contributed by atoms with E-state index >= 15 is 0 Å². The molecule has 0 spiro atoms. The van der Waals surface area contributed by atoms with Gasteiger partial charge in [0.2, 0.25) is 5.91 Å². The Morgan fingerprint density at radius 2 is 1.71 bits per heavy atom. The molecule has 0 aliphatic heterocycles. The van der Waals surface area contributed by atoms with E-state index in [9.17, 15) is 31.2 Å². The number of nitrogens with one attached hydrogen (secondary N) is 2. The van der Waals surface area contributed by atoms with E-state index in [4.69, 9.17) is 10.4 Å². The first-order valence-corrected chi connectivity index (χ1v) is 7.87. The summed E-state index contributed by atoms with van der Waals surface area (Å²) in [4.78, 5) is 21.4. The number of carbonyl (C=O) groups is 2. The molecule has 8 nitrogen and oxygen atoms in total. The lowest BCUT2D eigenvalue weighted by atomic mass is 10.2. The molecular weight excluding hydrogens is 357 g/mol. The van der Waals surface area contributed by atoms with E-state index in [1.165, 1.54) is 5.48 Å². The molecule has 1 aromatic rings. The minimum absolute atomic E-state index is 0.529. The topological polar surface area (TPSA) is 133 Å². The van der Waals surface area contributed by atoms with Crippen LogP contribution in [0.3, 0.4) is 0 Å². The van der Waals surface area contributed by atoms with E-state index in [2.05, 4.69) is 0 Å². The second-order valence-electron chi connectivity index (χ2n) is 4.58. The van der Waals surface area contributed by atoms with Gasteiger partial charge in [-0.1, -0.05) is 12.1 Å².